The molecular formula is C21H39NO4Si. The van der Waals surface area contributed by atoms with Crippen LogP contribution in [-0.4, -0.2) is 57.7 Å². The summed E-state index contributed by atoms with van der Waals surface area (Å²) >= 11 is 0. The van der Waals surface area contributed by atoms with Crippen molar-refractivity contribution in [2.24, 2.45) is 0 Å². The maximum absolute atomic E-state index is 11.9. The van der Waals surface area contributed by atoms with E-state index >= 15 is 0 Å². The molecule has 0 amide bonds. The molecule has 0 bridgehead atoms. The lowest BCUT2D eigenvalue weighted by Crippen LogP contribution is -2.45. The first-order chi connectivity index (χ1) is 12.3. The Morgan fingerprint density at radius 2 is 1.89 bits per heavy atom. The van der Waals surface area contributed by atoms with E-state index in [1.807, 2.05) is 13.8 Å². The Kier molecular flexibility index (Phi) is 8.32. The highest BCUT2D eigenvalue weighted by Gasteiger charge is 2.39. The maximum atomic E-state index is 11.9. The van der Waals surface area contributed by atoms with Crippen molar-refractivity contribution >= 4 is 14.3 Å². The summed E-state index contributed by atoms with van der Waals surface area (Å²) in [4.78, 5) is 14.2. The first kappa shape index (κ1) is 23.9. The predicted octanol–water partition coefficient (Wildman–Crippen LogP) is 4.51. The topological polar surface area (TPSA) is 48.0 Å². The van der Waals surface area contributed by atoms with Crippen LogP contribution in [0.1, 0.15) is 47.5 Å². The Morgan fingerprint density at radius 3 is 2.41 bits per heavy atom. The van der Waals surface area contributed by atoms with Crippen molar-refractivity contribution in [3.8, 4) is 0 Å². The standard InChI is InChI=1S/C21H39NO4Si/c1-10-21(5,6)25-15-18(14-19(23)24-7)22-13-11-12-17(22)16-26-27(8,9)20(2,3)4/h10,14,17H,1,11-13,15-16H2,2-9H3/b18-14-/t17-/m0/s1. The summed E-state index contributed by atoms with van der Waals surface area (Å²) in [5.74, 6) is -0.360. The Labute approximate surface area is 166 Å². The summed E-state index contributed by atoms with van der Waals surface area (Å²) in [7, 11) is -0.416. The van der Waals surface area contributed by atoms with Crippen molar-refractivity contribution in [3.63, 3.8) is 0 Å². The quantitative estimate of drug-likeness (QED) is 0.248. The van der Waals surface area contributed by atoms with Crippen molar-refractivity contribution in [2.45, 2.75) is 77.2 Å². The van der Waals surface area contributed by atoms with E-state index in [0.29, 0.717) is 13.2 Å². The van der Waals surface area contributed by atoms with Crippen LogP contribution in [0.4, 0.5) is 0 Å². The van der Waals surface area contributed by atoms with Gasteiger partial charge in [-0.15, -0.1) is 6.58 Å². The van der Waals surface area contributed by atoms with Gasteiger partial charge in [0.05, 0.1) is 32.0 Å². The van der Waals surface area contributed by atoms with E-state index in [1.165, 1.54) is 7.11 Å². The maximum Gasteiger partial charge on any atom is 0.332 e. The fourth-order valence-corrected chi connectivity index (χ4v) is 3.67. The zero-order chi connectivity index (χ0) is 20.9. The summed E-state index contributed by atoms with van der Waals surface area (Å²) < 4.78 is 17.3. The van der Waals surface area contributed by atoms with Gasteiger partial charge < -0.3 is 18.8 Å². The second-order valence-corrected chi connectivity index (χ2v) is 14.1. The minimum atomic E-state index is -1.81. The Balaban J connectivity index is 2.91. The minimum Gasteiger partial charge on any atom is -0.466 e. The molecule has 27 heavy (non-hydrogen) atoms. The third-order valence-electron chi connectivity index (χ3n) is 5.76. The van der Waals surface area contributed by atoms with Crippen LogP contribution < -0.4 is 0 Å². The number of carbonyl (C=O) groups excluding carboxylic acids is 1. The molecule has 0 aromatic rings. The summed E-state index contributed by atoms with van der Waals surface area (Å²) in [6, 6.07) is 0.255. The number of ether oxygens (including phenoxy) is 2. The summed E-state index contributed by atoms with van der Waals surface area (Å²) in [5, 5.41) is 0.179. The fraction of sp³-hybridized carbons (Fsp3) is 0.762. The zero-order valence-corrected chi connectivity index (χ0v) is 19.6. The molecule has 1 saturated heterocycles. The number of likely N-dealkylation sites (tertiary alicyclic amines) is 1. The molecule has 1 aliphatic rings. The highest BCUT2D eigenvalue weighted by atomic mass is 28.4. The van der Waals surface area contributed by atoms with E-state index in [2.05, 4.69) is 45.3 Å². The van der Waals surface area contributed by atoms with Crippen LogP contribution in [0.5, 0.6) is 0 Å². The molecular weight excluding hydrogens is 358 g/mol. The second-order valence-electron chi connectivity index (χ2n) is 9.32. The van der Waals surface area contributed by atoms with Crippen LogP contribution in [-0.2, 0) is 18.7 Å². The largest absolute Gasteiger partial charge is 0.466 e. The third-order valence-corrected chi connectivity index (χ3v) is 10.3. The van der Waals surface area contributed by atoms with Gasteiger partial charge in [-0.3, -0.25) is 0 Å². The molecule has 0 aromatic heterocycles. The number of esters is 1. The van der Waals surface area contributed by atoms with Gasteiger partial charge in [-0.1, -0.05) is 26.8 Å². The predicted molar refractivity (Wildman–Crippen MR) is 113 cm³/mol. The van der Waals surface area contributed by atoms with Gasteiger partial charge in [0.1, 0.15) is 0 Å². The highest BCUT2D eigenvalue weighted by molar-refractivity contribution is 6.74. The minimum absolute atomic E-state index is 0.179. The molecule has 0 N–H and O–H groups in total. The van der Waals surface area contributed by atoms with E-state index in [0.717, 1.165) is 25.1 Å². The smallest absolute Gasteiger partial charge is 0.332 e. The number of carbonyl (C=O) groups is 1. The lowest BCUT2D eigenvalue weighted by atomic mass is 10.1. The first-order valence-electron chi connectivity index (χ1n) is 9.79. The highest BCUT2D eigenvalue weighted by Crippen LogP contribution is 2.37. The normalized spacial score (nSPS) is 19.3. The van der Waals surface area contributed by atoms with Crippen LogP contribution in [0, 0.1) is 0 Å². The second kappa shape index (κ2) is 9.39. The van der Waals surface area contributed by atoms with Crippen molar-refractivity contribution in [2.75, 3.05) is 26.9 Å². The summed E-state index contributed by atoms with van der Waals surface area (Å²) in [5.41, 5.74) is 0.389. The van der Waals surface area contributed by atoms with Crippen molar-refractivity contribution in [1.29, 1.82) is 0 Å². The Hall–Kier alpha value is -1.11. The molecule has 0 unspecified atom stereocenters. The molecule has 0 aromatic carbocycles. The van der Waals surface area contributed by atoms with Gasteiger partial charge in [0.25, 0.3) is 0 Å². The van der Waals surface area contributed by atoms with Crippen LogP contribution in [0.25, 0.3) is 0 Å². The number of methoxy groups -OCH3 is 1. The molecule has 6 heteroatoms. The summed E-state index contributed by atoms with van der Waals surface area (Å²) in [6.45, 7) is 20.9. The third kappa shape index (κ3) is 7.09. The number of hydrogen-bond acceptors (Lipinski definition) is 5. The van der Waals surface area contributed by atoms with Crippen molar-refractivity contribution < 1.29 is 18.7 Å². The average molecular weight is 398 g/mol. The lowest BCUT2D eigenvalue weighted by Gasteiger charge is -2.38. The van der Waals surface area contributed by atoms with Gasteiger partial charge >= 0.3 is 5.97 Å². The molecule has 0 spiro atoms. The zero-order valence-electron chi connectivity index (χ0n) is 18.6. The lowest BCUT2D eigenvalue weighted by molar-refractivity contribution is -0.135. The average Bonchev–Trinajstić information content (AvgIpc) is 3.04. The van der Waals surface area contributed by atoms with Gasteiger partial charge in [0.2, 0.25) is 0 Å². The van der Waals surface area contributed by atoms with E-state index in [1.54, 1.807) is 12.2 Å². The number of hydrogen-bond donors (Lipinski definition) is 0. The molecule has 1 aliphatic heterocycles. The van der Waals surface area contributed by atoms with E-state index < -0.39 is 13.9 Å². The Morgan fingerprint density at radius 1 is 1.26 bits per heavy atom. The number of rotatable bonds is 9. The van der Waals surface area contributed by atoms with Gasteiger partial charge in [0.15, 0.2) is 8.32 Å². The molecule has 1 atom stereocenters. The van der Waals surface area contributed by atoms with E-state index in [4.69, 9.17) is 13.9 Å². The van der Waals surface area contributed by atoms with Gasteiger partial charge in [-0.25, -0.2) is 4.79 Å². The van der Waals surface area contributed by atoms with Crippen molar-refractivity contribution in [1.82, 2.24) is 4.90 Å². The molecule has 1 heterocycles. The monoisotopic (exact) mass is 397 g/mol. The van der Waals surface area contributed by atoms with Crippen LogP contribution in [0.3, 0.4) is 0 Å². The first-order valence-corrected chi connectivity index (χ1v) is 12.7. The van der Waals surface area contributed by atoms with Gasteiger partial charge in [-0.2, -0.15) is 0 Å². The molecule has 1 rings (SSSR count). The Bertz CT molecular complexity index is 549. The van der Waals surface area contributed by atoms with Crippen LogP contribution >= 0.6 is 0 Å². The van der Waals surface area contributed by atoms with Gasteiger partial charge in [0, 0.05) is 18.3 Å². The molecule has 0 aliphatic carbocycles. The molecule has 156 valence electrons. The van der Waals surface area contributed by atoms with Gasteiger partial charge in [-0.05, 0) is 44.8 Å². The van der Waals surface area contributed by atoms with E-state index in [-0.39, 0.29) is 17.0 Å². The van der Waals surface area contributed by atoms with Crippen LogP contribution in [0.15, 0.2) is 24.4 Å². The molecule has 0 saturated carbocycles. The number of nitrogens with zero attached hydrogens (tertiary/aromatic N) is 1. The van der Waals surface area contributed by atoms with E-state index in [9.17, 15) is 4.79 Å². The fourth-order valence-electron chi connectivity index (χ4n) is 2.63. The van der Waals surface area contributed by atoms with Crippen LogP contribution in [0.2, 0.25) is 18.1 Å². The molecule has 5 nitrogen and oxygen atoms in total. The molecule has 1 fully saturated rings. The SMILES string of the molecule is C=CC(C)(C)OC/C(=C/C(=O)OC)N1CCC[C@H]1CO[Si](C)(C)C(C)(C)C. The van der Waals surface area contributed by atoms with Crippen molar-refractivity contribution in [3.05, 3.63) is 24.4 Å². The summed E-state index contributed by atoms with van der Waals surface area (Å²) in [6.07, 6.45) is 5.45. The molecule has 0 radical (unpaired) electrons.